The van der Waals surface area contributed by atoms with Crippen LogP contribution in [-0.4, -0.2) is 25.7 Å². The molecule has 2 aromatic heterocycles. The van der Waals surface area contributed by atoms with Crippen LogP contribution in [0.4, 0.5) is 4.39 Å². The van der Waals surface area contributed by atoms with Gasteiger partial charge in [-0.2, -0.15) is 0 Å². The Kier molecular flexibility index (Phi) is 3.45. The van der Waals surface area contributed by atoms with Gasteiger partial charge in [-0.3, -0.25) is 4.98 Å². The molecule has 2 atom stereocenters. The highest BCUT2D eigenvalue weighted by molar-refractivity contribution is 5.67. The van der Waals surface area contributed by atoms with Gasteiger partial charge in [-0.15, -0.1) is 0 Å². The van der Waals surface area contributed by atoms with Crippen molar-refractivity contribution in [3.63, 3.8) is 0 Å². The molecule has 0 amide bonds. The zero-order chi connectivity index (χ0) is 15.1. The molecule has 0 spiro atoms. The van der Waals surface area contributed by atoms with Gasteiger partial charge in [0.05, 0.1) is 41.6 Å². The molecule has 22 heavy (non-hydrogen) atoms. The topological polar surface area (TPSA) is 50.9 Å². The van der Waals surface area contributed by atoms with Gasteiger partial charge in [-0.05, 0) is 24.8 Å². The Morgan fingerprint density at radius 3 is 2.95 bits per heavy atom. The van der Waals surface area contributed by atoms with E-state index >= 15 is 0 Å². The average Bonchev–Trinajstić information content (AvgIpc) is 3.11. The van der Waals surface area contributed by atoms with E-state index in [1.165, 1.54) is 31.5 Å². The zero-order valence-corrected chi connectivity index (χ0v) is 12.5. The van der Waals surface area contributed by atoms with Crippen molar-refractivity contribution in [2.75, 3.05) is 0 Å². The number of rotatable bonds is 3. The Morgan fingerprint density at radius 2 is 2.14 bits per heavy atom. The van der Waals surface area contributed by atoms with E-state index in [-0.39, 0.29) is 18.0 Å². The van der Waals surface area contributed by atoms with Crippen molar-refractivity contribution in [3.8, 4) is 11.3 Å². The van der Waals surface area contributed by atoms with E-state index in [1.54, 1.807) is 12.5 Å². The van der Waals surface area contributed by atoms with Gasteiger partial charge in [-0.1, -0.05) is 19.3 Å². The van der Waals surface area contributed by atoms with Crippen molar-refractivity contribution in [1.29, 1.82) is 0 Å². The smallest absolute Gasteiger partial charge is 0.136 e. The minimum Gasteiger partial charge on any atom is -0.393 e. The van der Waals surface area contributed by atoms with Crippen LogP contribution < -0.4 is 0 Å². The molecule has 4 nitrogen and oxygen atoms in total. The molecular formula is C17H20FN3O. The second-order valence-electron chi connectivity index (χ2n) is 6.46. The maximum Gasteiger partial charge on any atom is 0.136 e. The number of aromatic nitrogens is 3. The lowest BCUT2D eigenvalue weighted by Gasteiger charge is -2.28. The molecule has 0 radical (unpaired) electrons. The number of imidazole rings is 1. The Balaban J connectivity index is 1.64. The molecule has 2 aromatic rings. The molecular weight excluding hydrogens is 281 g/mol. The maximum atomic E-state index is 14.2. The summed E-state index contributed by atoms with van der Waals surface area (Å²) < 4.78 is 16.1. The van der Waals surface area contributed by atoms with Gasteiger partial charge in [0.2, 0.25) is 0 Å². The first-order chi connectivity index (χ1) is 10.8. The molecule has 1 aliphatic heterocycles. The van der Waals surface area contributed by atoms with Gasteiger partial charge in [0, 0.05) is 12.6 Å². The zero-order valence-electron chi connectivity index (χ0n) is 12.5. The minimum atomic E-state index is -0.364. The summed E-state index contributed by atoms with van der Waals surface area (Å²) >= 11 is 0. The van der Waals surface area contributed by atoms with Crippen molar-refractivity contribution in [1.82, 2.24) is 14.5 Å². The third-order valence-electron chi connectivity index (χ3n) is 5.16. The van der Waals surface area contributed by atoms with Crippen molar-refractivity contribution in [2.45, 2.75) is 50.7 Å². The van der Waals surface area contributed by atoms with E-state index in [4.69, 9.17) is 0 Å². The molecule has 4 rings (SSSR count). The Labute approximate surface area is 129 Å². The minimum absolute atomic E-state index is 0.111. The molecule has 0 saturated heterocycles. The molecule has 1 fully saturated rings. The quantitative estimate of drug-likeness (QED) is 0.946. The predicted molar refractivity (Wildman–Crippen MR) is 80.8 cm³/mol. The van der Waals surface area contributed by atoms with Crippen molar-refractivity contribution < 1.29 is 9.50 Å². The van der Waals surface area contributed by atoms with Crippen LogP contribution >= 0.6 is 0 Å². The third kappa shape index (κ3) is 2.15. The van der Waals surface area contributed by atoms with E-state index in [9.17, 15) is 9.50 Å². The monoisotopic (exact) mass is 301 g/mol. The van der Waals surface area contributed by atoms with Crippen LogP contribution in [-0.2, 0) is 0 Å². The standard InChI is InChI=1S/C17H20FN3O/c18-12-6-7-20-17-13(21-10-19-9-14(21)16(12)17)8-15(22)11-4-2-1-3-5-11/h6-7,9-11,13,15,22H,1-5,8H2. The number of nitrogens with zero attached hydrogens (tertiary/aromatic N) is 3. The summed E-state index contributed by atoms with van der Waals surface area (Å²) in [6.07, 6.45) is 11.0. The summed E-state index contributed by atoms with van der Waals surface area (Å²) in [6, 6.07) is 1.27. The van der Waals surface area contributed by atoms with Crippen molar-refractivity contribution in [2.24, 2.45) is 5.92 Å². The van der Waals surface area contributed by atoms with Crippen molar-refractivity contribution in [3.05, 3.63) is 36.3 Å². The van der Waals surface area contributed by atoms with Crippen LogP contribution in [0.2, 0.25) is 0 Å². The van der Waals surface area contributed by atoms with Gasteiger partial charge >= 0.3 is 0 Å². The van der Waals surface area contributed by atoms with Crippen LogP contribution in [0.3, 0.4) is 0 Å². The Morgan fingerprint density at radius 1 is 1.32 bits per heavy atom. The molecule has 116 valence electrons. The lowest BCUT2D eigenvalue weighted by molar-refractivity contribution is 0.0683. The summed E-state index contributed by atoms with van der Waals surface area (Å²) in [6.45, 7) is 0. The van der Waals surface area contributed by atoms with E-state index in [1.807, 2.05) is 4.57 Å². The normalized spacial score (nSPS) is 22.4. The lowest BCUT2D eigenvalue weighted by atomic mass is 9.83. The SMILES string of the molecule is OC(CC1c2nccc(F)c2-c2cncn21)C1CCCCC1. The van der Waals surface area contributed by atoms with E-state index in [0.717, 1.165) is 24.2 Å². The van der Waals surface area contributed by atoms with Crippen LogP contribution in [0.5, 0.6) is 0 Å². The fourth-order valence-electron chi connectivity index (χ4n) is 4.00. The van der Waals surface area contributed by atoms with Crippen LogP contribution in [0.15, 0.2) is 24.8 Å². The number of aliphatic hydroxyl groups excluding tert-OH is 1. The van der Waals surface area contributed by atoms with Gasteiger partial charge in [-0.25, -0.2) is 9.37 Å². The van der Waals surface area contributed by atoms with Crippen molar-refractivity contribution >= 4 is 0 Å². The van der Waals surface area contributed by atoms with Gasteiger partial charge < -0.3 is 9.67 Å². The second kappa shape index (κ2) is 5.47. The first kappa shape index (κ1) is 13.9. The largest absolute Gasteiger partial charge is 0.393 e. The molecule has 1 aliphatic carbocycles. The van der Waals surface area contributed by atoms with E-state index < -0.39 is 0 Å². The number of pyridine rings is 1. The van der Waals surface area contributed by atoms with Crippen LogP contribution in [0, 0.1) is 11.7 Å². The first-order valence-electron chi connectivity index (χ1n) is 8.10. The molecule has 3 heterocycles. The summed E-state index contributed by atoms with van der Waals surface area (Å²) in [5.74, 6) is 0.0970. The first-order valence-corrected chi connectivity index (χ1v) is 8.10. The van der Waals surface area contributed by atoms with Gasteiger partial charge in [0.15, 0.2) is 0 Å². The van der Waals surface area contributed by atoms with E-state index in [0.29, 0.717) is 17.9 Å². The molecule has 1 saturated carbocycles. The van der Waals surface area contributed by atoms with Gasteiger partial charge in [0.25, 0.3) is 0 Å². The van der Waals surface area contributed by atoms with E-state index in [2.05, 4.69) is 9.97 Å². The summed E-state index contributed by atoms with van der Waals surface area (Å²) in [5, 5.41) is 10.6. The fraction of sp³-hybridized carbons (Fsp3) is 0.529. The lowest BCUT2D eigenvalue weighted by Crippen LogP contribution is -2.26. The highest BCUT2D eigenvalue weighted by Gasteiger charge is 2.35. The molecule has 5 heteroatoms. The highest BCUT2D eigenvalue weighted by Crippen LogP contribution is 2.42. The molecule has 0 bridgehead atoms. The predicted octanol–water partition coefficient (Wildman–Crippen LogP) is 3.32. The van der Waals surface area contributed by atoms with Crippen LogP contribution in [0.25, 0.3) is 11.3 Å². The Bertz CT molecular complexity index is 678. The number of hydrogen-bond donors (Lipinski definition) is 1. The second-order valence-corrected chi connectivity index (χ2v) is 6.46. The number of hydrogen-bond acceptors (Lipinski definition) is 3. The summed E-state index contributed by atoms with van der Waals surface area (Å²) in [5.41, 5.74) is 2.04. The molecule has 1 N–H and O–H groups in total. The van der Waals surface area contributed by atoms with Gasteiger partial charge in [0.1, 0.15) is 5.82 Å². The molecule has 2 aliphatic rings. The number of fused-ring (bicyclic) bond motifs is 3. The maximum absolute atomic E-state index is 14.2. The molecule has 0 aromatic carbocycles. The Hall–Kier alpha value is -1.75. The summed E-state index contributed by atoms with van der Waals surface area (Å²) in [7, 11) is 0. The number of aliphatic hydroxyl groups is 1. The molecule has 2 unspecified atom stereocenters. The fourth-order valence-corrected chi connectivity index (χ4v) is 4.00. The highest BCUT2D eigenvalue weighted by atomic mass is 19.1. The number of halogens is 1. The van der Waals surface area contributed by atoms with Crippen LogP contribution in [0.1, 0.15) is 50.3 Å². The summed E-state index contributed by atoms with van der Waals surface area (Å²) in [4.78, 5) is 8.53. The third-order valence-corrected chi connectivity index (χ3v) is 5.16. The average molecular weight is 301 g/mol.